The predicted molar refractivity (Wildman–Crippen MR) is 186 cm³/mol. The van der Waals surface area contributed by atoms with Crippen molar-refractivity contribution >= 4 is 23.6 Å². The number of hydrogen-bond donors (Lipinski definition) is 4. The first kappa shape index (κ1) is 36.4. The average Bonchev–Trinajstić information content (AvgIpc) is 3.74. The number of furan rings is 1. The molecule has 0 radical (unpaired) electrons. The van der Waals surface area contributed by atoms with Crippen LogP contribution in [0, 0.1) is 18.8 Å². The van der Waals surface area contributed by atoms with Gasteiger partial charge in [-0.2, -0.15) is 0 Å². The van der Waals surface area contributed by atoms with Gasteiger partial charge in [0.2, 0.25) is 23.6 Å². The van der Waals surface area contributed by atoms with Crippen LogP contribution in [-0.2, 0) is 19.2 Å². The zero-order chi connectivity index (χ0) is 35.0. The first-order chi connectivity index (χ1) is 23.0. The Morgan fingerprint density at radius 2 is 1.40 bits per heavy atom. The maximum Gasteiger partial charge on any atom is 0.246 e. The Hall–Kier alpha value is -4.44. The van der Waals surface area contributed by atoms with Gasteiger partial charge in [0.1, 0.15) is 29.6 Å². The summed E-state index contributed by atoms with van der Waals surface area (Å²) in [4.78, 5) is 57.2. The minimum Gasteiger partial charge on any atom is -0.464 e. The lowest BCUT2D eigenvalue weighted by Crippen LogP contribution is -2.59. The molecule has 48 heavy (non-hydrogen) atoms. The third kappa shape index (κ3) is 8.52. The maximum atomic E-state index is 14.4. The fourth-order valence-electron chi connectivity index (χ4n) is 6.20. The van der Waals surface area contributed by atoms with Crippen LogP contribution >= 0.6 is 0 Å². The number of amides is 4. The first-order valence-electron chi connectivity index (χ1n) is 17.0. The Balaban J connectivity index is 1.63. The first-order valence-corrected chi connectivity index (χ1v) is 17.0. The molecule has 1 aromatic heterocycles. The van der Waals surface area contributed by atoms with E-state index in [1.165, 1.54) is 0 Å². The van der Waals surface area contributed by atoms with Gasteiger partial charge in [-0.25, -0.2) is 0 Å². The molecule has 4 N–H and O–H groups in total. The second-order valence-electron chi connectivity index (χ2n) is 13.2. The third-order valence-electron chi connectivity index (χ3n) is 9.43. The number of nitrogens with zero attached hydrogens (tertiary/aromatic N) is 1. The van der Waals surface area contributed by atoms with Gasteiger partial charge in [0, 0.05) is 0 Å². The number of benzene rings is 2. The Morgan fingerprint density at radius 1 is 0.792 bits per heavy atom. The van der Waals surface area contributed by atoms with E-state index in [9.17, 15) is 19.2 Å². The van der Waals surface area contributed by atoms with Gasteiger partial charge in [0.05, 0.1) is 18.1 Å². The SMILES string of the molecule is CC[C@H](C)[C@H](NC(=O)[C@@H]1CC[C@H](c2ccc(C)o2)N1C(=O)C(NC(=O)C(C)NC)C(C)C)C(=O)NC(c1ccccc1)c1ccccc1. The molecule has 1 saturated heterocycles. The van der Waals surface area contributed by atoms with Gasteiger partial charge in [0.25, 0.3) is 0 Å². The highest BCUT2D eigenvalue weighted by Gasteiger charge is 2.46. The summed E-state index contributed by atoms with van der Waals surface area (Å²) < 4.78 is 5.97. The highest BCUT2D eigenvalue weighted by atomic mass is 16.3. The normalized spacial score (nSPS) is 18.6. The number of likely N-dealkylation sites (N-methyl/N-ethyl adjacent to an activating group) is 1. The number of carbonyl (C=O) groups excluding carboxylic acids is 4. The lowest BCUT2D eigenvalue weighted by molar-refractivity contribution is -0.145. The summed E-state index contributed by atoms with van der Waals surface area (Å²) in [6.07, 6.45) is 1.51. The Bertz CT molecular complexity index is 1480. The number of aryl methyl sites for hydroxylation is 1. The molecule has 6 atom stereocenters. The topological polar surface area (TPSA) is 133 Å². The molecule has 0 aliphatic carbocycles. The molecule has 4 rings (SSSR count). The van der Waals surface area contributed by atoms with Gasteiger partial charge in [-0.3, -0.25) is 19.2 Å². The molecular formula is C38H51N5O5. The summed E-state index contributed by atoms with van der Waals surface area (Å²) in [6, 6.07) is 19.1. The van der Waals surface area contributed by atoms with Crippen LogP contribution < -0.4 is 21.3 Å². The molecule has 10 heteroatoms. The van der Waals surface area contributed by atoms with Crippen molar-refractivity contribution in [3.63, 3.8) is 0 Å². The van der Waals surface area contributed by atoms with E-state index < -0.39 is 42.2 Å². The summed E-state index contributed by atoms with van der Waals surface area (Å²) in [6.45, 7) is 11.2. The van der Waals surface area contributed by atoms with E-state index in [1.807, 2.05) is 107 Å². The monoisotopic (exact) mass is 657 g/mol. The number of rotatable bonds is 14. The molecule has 10 nitrogen and oxygen atoms in total. The standard InChI is InChI=1S/C38H51N5O5/c1-8-24(4)33(37(46)42-34(27-15-11-9-12-16-27)28-17-13-10-14-18-28)41-36(45)30-21-20-29(31-22-19-25(5)48-31)43(30)38(47)32(23(2)3)40-35(44)26(6)39-7/h9-19,22-24,26,29-30,32-34,39H,8,20-21H2,1-7H3,(H,40,44)(H,41,45)(H,42,46)/t24-,26?,29+,30-,32?,33-/m0/s1. The molecule has 2 aromatic carbocycles. The van der Waals surface area contributed by atoms with E-state index in [4.69, 9.17) is 4.42 Å². The molecule has 2 unspecified atom stereocenters. The van der Waals surface area contributed by atoms with Gasteiger partial charge >= 0.3 is 0 Å². The second-order valence-corrected chi connectivity index (χ2v) is 13.2. The van der Waals surface area contributed by atoms with E-state index >= 15 is 0 Å². The van der Waals surface area contributed by atoms with E-state index in [0.717, 1.165) is 11.1 Å². The highest BCUT2D eigenvalue weighted by Crippen LogP contribution is 2.38. The van der Waals surface area contributed by atoms with Gasteiger partial charge in [0.15, 0.2) is 0 Å². The van der Waals surface area contributed by atoms with Gasteiger partial charge in [-0.15, -0.1) is 0 Å². The molecule has 3 aromatic rings. The van der Waals surface area contributed by atoms with E-state index in [2.05, 4.69) is 21.3 Å². The van der Waals surface area contributed by atoms with Crippen LogP contribution in [0.1, 0.15) is 88.6 Å². The van der Waals surface area contributed by atoms with Crippen molar-refractivity contribution < 1.29 is 23.6 Å². The van der Waals surface area contributed by atoms with Crippen LogP contribution in [0.2, 0.25) is 0 Å². The minimum absolute atomic E-state index is 0.194. The Labute approximate surface area is 284 Å². The molecule has 1 aliphatic heterocycles. The summed E-state index contributed by atoms with van der Waals surface area (Å²) in [7, 11) is 1.68. The summed E-state index contributed by atoms with van der Waals surface area (Å²) in [5.74, 6) is -0.562. The average molecular weight is 658 g/mol. The molecule has 258 valence electrons. The quantitative estimate of drug-likeness (QED) is 0.197. The van der Waals surface area contributed by atoms with Crippen LogP contribution in [0.25, 0.3) is 0 Å². The van der Waals surface area contributed by atoms with Gasteiger partial charge < -0.3 is 30.6 Å². The lowest BCUT2D eigenvalue weighted by atomic mass is 9.94. The molecule has 0 spiro atoms. The van der Waals surface area contributed by atoms with Crippen molar-refractivity contribution in [1.29, 1.82) is 0 Å². The van der Waals surface area contributed by atoms with Gasteiger partial charge in [-0.05, 0) is 68.8 Å². The van der Waals surface area contributed by atoms with Crippen LogP contribution in [0.15, 0.2) is 77.2 Å². The lowest BCUT2D eigenvalue weighted by Gasteiger charge is -2.35. The van der Waals surface area contributed by atoms with Crippen LogP contribution in [0.3, 0.4) is 0 Å². The Kier molecular flexibility index (Phi) is 12.6. The van der Waals surface area contributed by atoms with Crippen molar-refractivity contribution in [2.45, 2.75) is 97.1 Å². The summed E-state index contributed by atoms with van der Waals surface area (Å²) >= 11 is 0. The smallest absolute Gasteiger partial charge is 0.246 e. The second kappa shape index (κ2) is 16.6. The van der Waals surface area contributed by atoms with Crippen molar-refractivity contribution in [3.8, 4) is 0 Å². The molecular weight excluding hydrogens is 606 g/mol. The van der Waals surface area contributed by atoms with Crippen molar-refractivity contribution in [3.05, 3.63) is 95.4 Å². The van der Waals surface area contributed by atoms with E-state index in [1.54, 1.807) is 18.9 Å². The van der Waals surface area contributed by atoms with Crippen LogP contribution in [0.4, 0.5) is 0 Å². The largest absolute Gasteiger partial charge is 0.464 e. The fraction of sp³-hybridized carbons (Fsp3) is 0.474. The maximum absolute atomic E-state index is 14.4. The zero-order valence-electron chi connectivity index (χ0n) is 29.2. The summed E-state index contributed by atoms with van der Waals surface area (Å²) in [5.41, 5.74) is 1.84. The molecule has 0 saturated carbocycles. The zero-order valence-corrected chi connectivity index (χ0v) is 29.2. The molecule has 2 heterocycles. The fourth-order valence-corrected chi connectivity index (χ4v) is 6.20. The number of hydrogen-bond acceptors (Lipinski definition) is 6. The molecule has 1 fully saturated rings. The number of likely N-dealkylation sites (tertiary alicyclic amines) is 1. The van der Waals surface area contributed by atoms with Crippen molar-refractivity contribution in [2.24, 2.45) is 11.8 Å². The van der Waals surface area contributed by atoms with Crippen LogP contribution in [-0.4, -0.2) is 59.7 Å². The number of nitrogens with one attached hydrogen (secondary N) is 4. The Morgan fingerprint density at radius 3 is 1.90 bits per heavy atom. The molecule has 4 amide bonds. The number of carbonyl (C=O) groups is 4. The summed E-state index contributed by atoms with van der Waals surface area (Å²) in [5, 5.41) is 12.1. The van der Waals surface area contributed by atoms with E-state index in [-0.39, 0.29) is 29.6 Å². The third-order valence-corrected chi connectivity index (χ3v) is 9.43. The highest BCUT2D eigenvalue weighted by molar-refractivity contribution is 5.95. The minimum atomic E-state index is -0.869. The predicted octanol–water partition coefficient (Wildman–Crippen LogP) is 4.81. The molecule has 0 bridgehead atoms. The van der Waals surface area contributed by atoms with Crippen molar-refractivity contribution in [1.82, 2.24) is 26.2 Å². The molecule has 1 aliphatic rings. The van der Waals surface area contributed by atoms with Crippen LogP contribution in [0.5, 0.6) is 0 Å². The van der Waals surface area contributed by atoms with Gasteiger partial charge in [-0.1, -0.05) is 94.8 Å². The van der Waals surface area contributed by atoms with E-state index in [0.29, 0.717) is 30.8 Å². The van der Waals surface area contributed by atoms with Crippen molar-refractivity contribution in [2.75, 3.05) is 7.05 Å².